The number of sulfonamides is 1. The second-order valence-corrected chi connectivity index (χ2v) is 7.79. The molecule has 0 unspecified atom stereocenters. The predicted octanol–water partition coefficient (Wildman–Crippen LogP) is 2.98. The molecule has 0 N–H and O–H groups in total. The summed E-state index contributed by atoms with van der Waals surface area (Å²) < 4.78 is 27.7. The third-order valence-electron chi connectivity index (χ3n) is 4.20. The molecule has 0 fully saturated rings. The van der Waals surface area contributed by atoms with E-state index >= 15 is 0 Å². The minimum atomic E-state index is -3.78. The van der Waals surface area contributed by atoms with Crippen LogP contribution >= 0.6 is 0 Å². The molecule has 1 aliphatic heterocycles. The number of nitrogens with zero attached hydrogens (tertiary/aromatic N) is 3. The van der Waals surface area contributed by atoms with Gasteiger partial charge in [0.1, 0.15) is 11.0 Å². The van der Waals surface area contributed by atoms with Crippen molar-refractivity contribution in [2.75, 3.05) is 22.3 Å². The van der Waals surface area contributed by atoms with Gasteiger partial charge >= 0.3 is 0 Å². The van der Waals surface area contributed by atoms with Crippen molar-refractivity contribution < 1.29 is 8.42 Å². The van der Waals surface area contributed by atoms with E-state index in [9.17, 15) is 13.7 Å². The van der Waals surface area contributed by atoms with Gasteiger partial charge in [-0.2, -0.15) is 5.26 Å². The van der Waals surface area contributed by atoms with Crippen molar-refractivity contribution in [2.24, 2.45) is 0 Å². The van der Waals surface area contributed by atoms with Gasteiger partial charge in [0.15, 0.2) is 0 Å². The molecule has 1 heterocycles. The van der Waals surface area contributed by atoms with Crippen LogP contribution in [0.2, 0.25) is 0 Å². The van der Waals surface area contributed by atoms with Crippen molar-refractivity contribution in [3.63, 3.8) is 0 Å². The first-order chi connectivity index (χ1) is 11.5. The molecule has 2 aromatic rings. The zero-order valence-corrected chi connectivity index (χ0v) is 14.5. The van der Waals surface area contributed by atoms with E-state index < -0.39 is 10.0 Å². The molecule has 6 heteroatoms. The summed E-state index contributed by atoms with van der Waals surface area (Å²) in [5, 5.41) is 9.25. The van der Waals surface area contributed by atoms with Crippen LogP contribution in [0, 0.1) is 11.3 Å². The van der Waals surface area contributed by atoms with Crippen molar-refractivity contribution in [3.05, 3.63) is 54.1 Å². The summed E-state index contributed by atoms with van der Waals surface area (Å²) in [6.45, 7) is 5.15. The molecule has 1 aliphatic rings. The monoisotopic (exact) mass is 341 g/mol. The van der Waals surface area contributed by atoms with Crippen LogP contribution in [0.4, 0.5) is 11.4 Å². The van der Waals surface area contributed by atoms with Gasteiger partial charge in [-0.25, -0.2) is 8.42 Å². The number of fused-ring (bicyclic) bond motifs is 1. The zero-order valence-electron chi connectivity index (χ0n) is 13.7. The third kappa shape index (κ3) is 2.61. The Morgan fingerprint density at radius 1 is 1.00 bits per heavy atom. The third-order valence-corrected chi connectivity index (χ3v) is 6.07. The van der Waals surface area contributed by atoms with Crippen molar-refractivity contribution in [3.8, 4) is 6.07 Å². The Labute approximate surface area is 142 Å². The van der Waals surface area contributed by atoms with Crippen molar-refractivity contribution in [2.45, 2.75) is 24.8 Å². The molecule has 5 nitrogen and oxygen atoms in total. The molecule has 0 amide bonds. The number of nitriles is 1. The normalized spacial score (nSPS) is 14.4. The summed E-state index contributed by atoms with van der Waals surface area (Å²) in [6.07, 6.45) is 0. The van der Waals surface area contributed by atoms with Gasteiger partial charge in [0.25, 0.3) is 10.0 Å². The first-order valence-corrected chi connectivity index (χ1v) is 9.28. The molecule has 0 saturated carbocycles. The molecular weight excluding hydrogens is 322 g/mol. The fourth-order valence-electron chi connectivity index (χ4n) is 3.05. The molecule has 0 aliphatic carbocycles. The number of benzene rings is 2. The minimum Gasteiger partial charge on any atom is -0.366 e. The molecule has 24 heavy (non-hydrogen) atoms. The van der Waals surface area contributed by atoms with Crippen LogP contribution in [-0.4, -0.2) is 27.5 Å². The number of anilines is 2. The smallest absolute Gasteiger partial charge is 0.265 e. The quantitative estimate of drug-likeness (QED) is 0.861. The fourth-order valence-corrected chi connectivity index (χ4v) is 4.66. The van der Waals surface area contributed by atoms with Crippen LogP contribution in [0.3, 0.4) is 0 Å². The molecule has 0 atom stereocenters. The highest BCUT2D eigenvalue weighted by molar-refractivity contribution is 7.93. The maximum Gasteiger partial charge on any atom is 0.265 e. The van der Waals surface area contributed by atoms with Gasteiger partial charge in [-0.05, 0) is 38.1 Å². The Morgan fingerprint density at radius 3 is 2.29 bits per heavy atom. The summed E-state index contributed by atoms with van der Waals surface area (Å²) >= 11 is 0. The van der Waals surface area contributed by atoms with Gasteiger partial charge in [0, 0.05) is 12.6 Å². The Bertz CT molecular complexity index is 900. The Balaban J connectivity index is 2.13. The number of para-hydroxylation sites is 2. The molecular formula is C18H19N3O2S. The van der Waals surface area contributed by atoms with Crippen LogP contribution in [0.5, 0.6) is 0 Å². The summed E-state index contributed by atoms with van der Waals surface area (Å²) in [5.74, 6) is 0. The highest BCUT2D eigenvalue weighted by Gasteiger charge is 2.33. The fraction of sp³-hybridized carbons (Fsp3) is 0.278. The summed E-state index contributed by atoms with van der Waals surface area (Å²) in [6, 6.07) is 16.1. The van der Waals surface area contributed by atoms with Gasteiger partial charge in [-0.1, -0.05) is 24.3 Å². The lowest BCUT2D eigenvalue weighted by atomic mass is 10.1. The van der Waals surface area contributed by atoms with Crippen molar-refractivity contribution in [1.29, 1.82) is 5.26 Å². The van der Waals surface area contributed by atoms with E-state index in [1.54, 1.807) is 12.1 Å². The number of hydrogen-bond donors (Lipinski definition) is 0. The topological polar surface area (TPSA) is 64.4 Å². The molecule has 0 saturated heterocycles. The van der Waals surface area contributed by atoms with Gasteiger partial charge in [0.05, 0.1) is 23.5 Å². The van der Waals surface area contributed by atoms with Gasteiger partial charge in [-0.3, -0.25) is 4.31 Å². The molecule has 124 valence electrons. The van der Waals surface area contributed by atoms with Crippen LogP contribution in [0.1, 0.15) is 19.4 Å². The van der Waals surface area contributed by atoms with Crippen molar-refractivity contribution in [1.82, 2.24) is 0 Å². The van der Waals surface area contributed by atoms with Crippen LogP contribution in [0.15, 0.2) is 53.4 Å². The lowest BCUT2D eigenvalue weighted by molar-refractivity contribution is 0.584. The Hall–Kier alpha value is -2.52. The first-order valence-electron chi connectivity index (χ1n) is 7.84. The maximum absolute atomic E-state index is 13.2. The highest BCUT2D eigenvalue weighted by Crippen LogP contribution is 2.37. The molecule has 2 aromatic carbocycles. The average Bonchev–Trinajstić information content (AvgIpc) is 2.60. The summed E-state index contributed by atoms with van der Waals surface area (Å²) in [4.78, 5) is 2.25. The van der Waals surface area contributed by atoms with E-state index in [0.29, 0.717) is 18.8 Å². The highest BCUT2D eigenvalue weighted by atomic mass is 32.2. The lowest BCUT2D eigenvalue weighted by Gasteiger charge is -2.40. The maximum atomic E-state index is 13.2. The zero-order chi connectivity index (χ0) is 17.3. The van der Waals surface area contributed by atoms with E-state index in [1.165, 1.54) is 16.4 Å². The van der Waals surface area contributed by atoms with Crippen molar-refractivity contribution >= 4 is 21.4 Å². The largest absolute Gasteiger partial charge is 0.366 e. The lowest BCUT2D eigenvalue weighted by Crippen LogP contribution is -2.46. The first kappa shape index (κ1) is 16.3. The van der Waals surface area contributed by atoms with Crippen LogP contribution < -0.4 is 9.21 Å². The van der Waals surface area contributed by atoms with Crippen LogP contribution in [0.25, 0.3) is 0 Å². The second kappa shape index (κ2) is 6.17. The standard InChI is InChI=1S/C18H19N3O2S/c1-14(2)20-11-12-21(17-9-5-4-8-16(17)20)24(22,23)18-10-6-3-7-15(18)13-19/h3-10,14H,11-12H2,1-2H3. The Kier molecular flexibility index (Phi) is 4.20. The van der Waals surface area contributed by atoms with E-state index in [1.807, 2.05) is 30.3 Å². The number of hydrogen-bond acceptors (Lipinski definition) is 4. The predicted molar refractivity (Wildman–Crippen MR) is 94.6 cm³/mol. The molecule has 0 aromatic heterocycles. The molecule has 0 radical (unpaired) electrons. The molecule has 3 rings (SSSR count). The van der Waals surface area contributed by atoms with E-state index in [4.69, 9.17) is 0 Å². The van der Waals surface area contributed by atoms with Gasteiger partial charge in [0.2, 0.25) is 0 Å². The molecule has 0 bridgehead atoms. The Morgan fingerprint density at radius 2 is 1.62 bits per heavy atom. The minimum absolute atomic E-state index is 0.0558. The van der Waals surface area contributed by atoms with Gasteiger partial charge < -0.3 is 4.90 Å². The van der Waals surface area contributed by atoms with E-state index in [0.717, 1.165) is 5.69 Å². The number of rotatable bonds is 3. The molecule has 0 spiro atoms. The second-order valence-electron chi connectivity index (χ2n) is 5.96. The van der Waals surface area contributed by atoms with Crippen LogP contribution in [-0.2, 0) is 10.0 Å². The summed E-state index contributed by atoms with van der Waals surface area (Å²) in [5.41, 5.74) is 1.73. The summed E-state index contributed by atoms with van der Waals surface area (Å²) in [7, 11) is -3.78. The average molecular weight is 341 g/mol. The van der Waals surface area contributed by atoms with Gasteiger partial charge in [-0.15, -0.1) is 0 Å². The van der Waals surface area contributed by atoms with E-state index in [-0.39, 0.29) is 16.5 Å². The SMILES string of the molecule is CC(C)N1CCN(S(=O)(=O)c2ccccc2C#N)c2ccccc21. The van der Waals surface area contributed by atoms with E-state index in [2.05, 4.69) is 18.7 Å².